The van der Waals surface area contributed by atoms with E-state index in [1.54, 1.807) is 0 Å². The number of hydrogen-bond donors (Lipinski definition) is 0. The highest BCUT2D eigenvalue weighted by atomic mass is 14.2. The molecule has 0 nitrogen and oxygen atoms in total. The molecule has 0 spiro atoms. The van der Waals surface area contributed by atoms with Crippen LogP contribution in [0.3, 0.4) is 0 Å². The summed E-state index contributed by atoms with van der Waals surface area (Å²) in [5, 5.41) is 0. The molecule has 0 aromatic carbocycles. The first-order valence-electron chi connectivity index (χ1n) is 4.64. The Bertz CT molecular complexity index is 141. The smallest absolute Gasteiger partial charge is 0.00912 e. The van der Waals surface area contributed by atoms with Gasteiger partial charge in [-0.3, -0.25) is 0 Å². The zero-order chi connectivity index (χ0) is 7.94. The van der Waals surface area contributed by atoms with Gasteiger partial charge in [-0.2, -0.15) is 0 Å². The zero-order valence-corrected chi connectivity index (χ0v) is 7.40. The standard InChI is InChI=1S/C11H17/c1-2-3-5-8-11-9-6-4-7-10-11/h4,11H,5-10H2,1H3. The van der Waals surface area contributed by atoms with E-state index in [0.717, 1.165) is 12.3 Å². The molecule has 0 saturated heterocycles. The summed E-state index contributed by atoms with van der Waals surface area (Å²) in [7, 11) is 0. The van der Waals surface area contributed by atoms with Crippen molar-refractivity contribution in [2.24, 2.45) is 5.92 Å². The molecule has 61 valence electrons. The van der Waals surface area contributed by atoms with Crippen LogP contribution in [-0.2, 0) is 0 Å². The Kier molecular flexibility index (Phi) is 4.12. The molecule has 0 aromatic heterocycles. The fourth-order valence-electron chi connectivity index (χ4n) is 1.69. The first-order valence-corrected chi connectivity index (χ1v) is 4.64. The quantitative estimate of drug-likeness (QED) is 0.529. The van der Waals surface area contributed by atoms with Crippen molar-refractivity contribution < 1.29 is 0 Å². The van der Waals surface area contributed by atoms with Crippen LogP contribution in [0.1, 0.15) is 45.4 Å². The highest BCUT2D eigenvalue weighted by Gasteiger charge is 2.11. The minimum Gasteiger partial charge on any atom is -0.107 e. The largest absolute Gasteiger partial charge is 0.107 e. The molecule has 0 heterocycles. The summed E-state index contributed by atoms with van der Waals surface area (Å²) in [4.78, 5) is 0. The van der Waals surface area contributed by atoms with E-state index in [-0.39, 0.29) is 0 Å². The van der Waals surface area contributed by atoms with Crippen LogP contribution in [0, 0.1) is 24.2 Å². The van der Waals surface area contributed by atoms with E-state index < -0.39 is 0 Å². The lowest BCUT2D eigenvalue weighted by atomic mass is 9.86. The lowest BCUT2D eigenvalue weighted by Gasteiger charge is -2.19. The van der Waals surface area contributed by atoms with Crippen LogP contribution in [0.15, 0.2) is 0 Å². The predicted octanol–water partition coefficient (Wildman–Crippen LogP) is 3.18. The van der Waals surface area contributed by atoms with E-state index in [0.29, 0.717) is 0 Å². The Balaban J connectivity index is 2.08. The van der Waals surface area contributed by atoms with Gasteiger partial charge in [0.05, 0.1) is 0 Å². The summed E-state index contributed by atoms with van der Waals surface area (Å²) >= 11 is 0. The molecule has 0 bridgehead atoms. The molecule has 0 N–H and O–H groups in total. The molecule has 0 heteroatoms. The molecule has 0 unspecified atom stereocenters. The van der Waals surface area contributed by atoms with Crippen molar-refractivity contribution >= 4 is 0 Å². The molecule has 1 saturated carbocycles. The van der Waals surface area contributed by atoms with Crippen LogP contribution in [-0.4, -0.2) is 0 Å². The van der Waals surface area contributed by atoms with Crippen molar-refractivity contribution in [2.75, 3.05) is 0 Å². The fourth-order valence-corrected chi connectivity index (χ4v) is 1.69. The summed E-state index contributed by atoms with van der Waals surface area (Å²) < 4.78 is 0. The Hall–Kier alpha value is -0.440. The van der Waals surface area contributed by atoms with Crippen molar-refractivity contribution in [3.63, 3.8) is 0 Å². The van der Waals surface area contributed by atoms with E-state index in [9.17, 15) is 0 Å². The van der Waals surface area contributed by atoms with Crippen LogP contribution in [0.2, 0.25) is 0 Å². The lowest BCUT2D eigenvalue weighted by Crippen LogP contribution is -2.05. The van der Waals surface area contributed by atoms with Crippen LogP contribution in [0.5, 0.6) is 0 Å². The Morgan fingerprint density at radius 1 is 1.36 bits per heavy atom. The maximum atomic E-state index is 3.14. The first kappa shape index (κ1) is 8.65. The zero-order valence-electron chi connectivity index (χ0n) is 7.40. The van der Waals surface area contributed by atoms with Crippen molar-refractivity contribution in [3.05, 3.63) is 6.42 Å². The monoisotopic (exact) mass is 149 g/mol. The molecule has 1 rings (SSSR count). The van der Waals surface area contributed by atoms with Crippen LogP contribution >= 0.6 is 0 Å². The van der Waals surface area contributed by atoms with Gasteiger partial charge in [0, 0.05) is 6.42 Å². The van der Waals surface area contributed by atoms with Gasteiger partial charge in [0.25, 0.3) is 0 Å². The normalized spacial score (nSPS) is 19.0. The van der Waals surface area contributed by atoms with Gasteiger partial charge in [-0.1, -0.05) is 12.8 Å². The lowest BCUT2D eigenvalue weighted by molar-refractivity contribution is 0.385. The van der Waals surface area contributed by atoms with Gasteiger partial charge in [0.1, 0.15) is 0 Å². The van der Waals surface area contributed by atoms with E-state index in [4.69, 9.17) is 0 Å². The van der Waals surface area contributed by atoms with Gasteiger partial charge >= 0.3 is 0 Å². The maximum absolute atomic E-state index is 3.14. The second kappa shape index (κ2) is 5.24. The SMILES string of the molecule is CC#CCCC1CC[CH]CC1. The molecule has 1 fully saturated rings. The highest BCUT2D eigenvalue weighted by Crippen LogP contribution is 2.26. The van der Waals surface area contributed by atoms with Crippen LogP contribution in [0.25, 0.3) is 0 Å². The van der Waals surface area contributed by atoms with E-state index >= 15 is 0 Å². The Morgan fingerprint density at radius 3 is 2.73 bits per heavy atom. The van der Waals surface area contributed by atoms with Gasteiger partial charge in [0.2, 0.25) is 0 Å². The minimum atomic E-state index is 0.973. The minimum absolute atomic E-state index is 0.973. The van der Waals surface area contributed by atoms with Crippen molar-refractivity contribution in [1.82, 2.24) is 0 Å². The summed E-state index contributed by atoms with van der Waals surface area (Å²) in [6.07, 6.45) is 10.4. The van der Waals surface area contributed by atoms with Crippen LogP contribution < -0.4 is 0 Å². The topological polar surface area (TPSA) is 0 Å². The summed E-state index contributed by atoms with van der Waals surface area (Å²) in [5.41, 5.74) is 0. The van der Waals surface area contributed by atoms with Crippen molar-refractivity contribution in [2.45, 2.75) is 45.4 Å². The molecule has 0 amide bonds. The molecule has 0 atom stereocenters. The third kappa shape index (κ3) is 3.46. The molecule has 0 aromatic rings. The van der Waals surface area contributed by atoms with Crippen molar-refractivity contribution in [1.29, 1.82) is 0 Å². The second-order valence-corrected chi connectivity index (χ2v) is 3.27. The average molecular weight is 149 g/mol. The maximum Gasteiger partial charge on any atom is 0.00912 e. The third-order valence-corrected chi connectivity index (χ3v) is 2.41. The van der Waals surface area contributed by atoms with Gasteiger partial charge in [-0.15, -0.1) is 11.8 Å². The van der Waals surface area contributed by atoms with E-state index in [2.05, 4.69) is 18.3 Å². The van der Waals surface area contributed by atoms with Gasteiger partial charge in [-0.05, 0) is 38.5 Å². The third-order valence-electron chi connectivity index (χ3n) is 2.41. The van der Waals surface area contributed by atoms with Gasteiger partial charge in [-0.25, -0.2) is 0 Å². The molecule has 11 heavy (non-hydrogen) atoms. The van der Waals surface area contributed by atoms with Gasteiger partial charge < -0.3 is 0 Å². The number of rotatable bonds is 2. The predicted molar refractivity (Wildman–Crippen MR) is 48.9 cm³/mol. The molecular formula is C11H17. The fraction of sp³-hybridized carbons (Fsp3) is 0.727. The van der Waals surface area contributed by atoms with Crippen LogP contribution in [0.4, 0.5) is 0 Å². The van der Waals surface area contributed by atoms with E-state index in [1.807, 2.05) is 6.92 Å². The molecule has 1 aliphatic rings. The number of hydrogen-bond acceptors (Lipinski definition) is 0. The van der Waals surface area contributed by atoms with Crippen molar-refractivity contribution in [3.8, 4) is 11.8 Å². The second-order valence-electron chi connectivity index (χ2n) is 3.27. The average Bonchev–Trinajstić information content (AvgIpc) is 2.07. The molecule has 1 radical (unpaired) electrons. The van der Waals surface area contributed by atoms with Gasteiger partial charge in [0.15, 0.2) is 0 Å². The highest BCUT2D eigenvalue weighted by molar-refractivity contribution is 4.95. The Morgan fingerprint density at radius 2 is 2.09 bits per heavy atom. The summed E-state index contributed by atoms with van der Waals surface area (Å²) in [6, 6.07) is 0. The Labute approximate surface area is 70.4 Å². The molecule has 1 aliphatic carbocycles. The first-order chi connectivity index (χ1) is 5.43. The molecular weight excluding hydrogens is 132 g/mol. The summed E-state index contributed by atoms with van der Waals surface area (Å²) in [6.45, 7) is 1.93. The molecule has 0 aliphatic heterocycles. The summed E-state index contributed by atoms with van der Waals surface area (Å²) in [5.74, 6) is 7.06. The van der Waals surface area contributed by atoms with E-state index in [1.165, 1.54) is 32.1 Å².